The highest BCUT2D eigenvalue weighted by Crippen LogP contribution is 2.36. The van der Waals surface area contributed by atoms with E-state index in [0.717, 1.165) is 47.9 Å². The Morgan fingerprint density at radius 3 is 2.62 bits per heavy atom. The minimum atomic E-state index is 0.850. The van der Waals surface area contributed by atoms with Crippen molar-refractivity contribution in [2.24, 2.45) is 0 Å². The van der Waals surface area contributed by atoms with Gasteiger partial charge in [0.1, 0.15) is 6.33 Å². The van der Waals surface area contributed by atoms with Crippen molar-refractivity contribution < 1.29 is 0 Å². The van der Waals surface area contributed by atoms with Crippen molar-refractivity contribution in [3.8, 4) is 10.4 Å². The van der Waals surface area contributed by atoms with E-state index in [4.69, 9.17) is 0 Å². The molecule has 5 rings (SSSR count). The van der Waals surface area contributed by atoms with Crippen LogP contribution in [0.1, 0.15) is 13.8 Å². The van der Waals surface area contributed by atoms with E-state index in [1.807, 2.05) is 6.07 Å². The van der Waals surface area contributed by atoms with Gasteiger partial charge >= 0.3 is 0 Å². The lowest BCUT2D eigenvalue weighted by molar-refractivity contribution is 0.292. The molecule has 1 N–H and O–H groups in total. The maximum atomic E-state index is 4.54. The Morgan fingerprint density at radius 1 is 0.969 bits per heavy atom. The van der Waals surface area contributed by atoms with Crippen LogP contribution in [-0.4, -0.2) is 39.1 Å². The average Bonchev–Trinajstić information content (AvgIpc) is 3.45. The summed E-state index contributed by atoms with van der Waals surface area (Å²) < 4.78 is 3.41. The van der Waals surface area contributed by atoms with Gasteiger partial charge in [-0.3, -0.25) is 0 Å². The molecule has 162 valence electrons. The van der Waals surface area contributed by atoms with Crippen molar-refractivity contribution in [1.82, 2.24) is 19.4 Å². The summed E-state index contributed by atoms with van der Waals surface area (Å²) in [6.07, 6.45) is 3.82. The molecule has 2 aromatic carbocycles. The fraction of sp³-hybridized carbons (Fsp3) is 0.231. The van der Waals surface area contributed by atoms with Crippen LogP contribution in [-0.2, 0) is 6.54 Å². The quantitative estimate of drug-likeness (QED) is 0.303. The second kappa shape index (κ2) is 9.10. The molecule has 0 atom stereocenters. The van der Waals surface area contributed by atoms with Gasteiger partial charge in [-0.25, -0.2) is 9.97 Å². The highest BCUT2D eigenvalue weighted by molar-refractivity contribution is 7.22. The van der Waals surface area contributed by atoms with Crippen LogP contribution in [0.15, 0.2) is 73.2 Å². The predicted octanol–water partition coefficient (Wildman–Crippen LogP) is 6.40. The smallest absolute Gasteiger partial charge is 0.151 e. The molecule has 0 aliphatic rings. The van der Waals surface area contributed by atoms with Crippen molar-refractivity contribution in [3.05, 3.63) is 73.2 Å². The third-order valence-corrected chi connectivity index (χ3v) is 7.13. The largest absolute Gasteiger partial charge is 0.346 e. The van der Waals surface area contributed by atoms with E-state index in [-0.39, 0.29) is 0 Å². The lowest BCUT2D eigenvalue weighted by Crippen LogP contribution is -2.26. The van der Waals surface area contributed by atoms with Gasteiger partial charge in [-0.15, -0.1) is 11.3 Å². The first-order valence-electron chi connectivity index (χ1n) is 11.1. The SMILES string of the molecule is CCN(CC)CCn1ccc2cc(Nc3ncnc4cc(-c5ccccc5)sc34)ccc21. The van der Waals surface area contributed by atoms with Crippen LogP contribution in [0.3, 0.4) is 0 Å². The monoisotopic (exact) mass is 441 g/mol. The second-order valence-corrected chi connectivity index (χ2v) is 8.90. The number of benzene rings is 2. The van der Waals surface area contributed by atoms with Gasteiger partial charge in [0.15, 0.2) is 5.82 Å². The minimum Gasteiger partial charge on any atom is -0.346 e. The van der Waals surface area contributed by atoms with Gasteiger partial charge in [0, 0.05) is 40.8 Å². The molecule has 0 aliphatic heterocycles. The molecule has 0 fully saturated rings. The molecule has 5 aromatic rings. The summed E-state index contributed by atoms with van der Waals surface area (Å²) in [5.74, 6) is 0.850. The molecule has 0 saturated heterocycles. The number of hydrogen-bond acceptors (Lipinski definition) is 5. The van der Waals surface area contributed by atoms with E-state index in [0.29, 0.717) is 0 Å². The molecule has 0 bridgehead atoms. The van der Waals surface area contributed by atoms with Gasteiger partial charge in [0.25, 0.3) is 0 Å². The number of nitrogens with one attached hydrogen (secondary N) is 1. The van der Waals surface area contributed by atoms with Crippen LogP contribution in [0.4, 0.5) is 11.5 Å². The first-order chi connectivity index (χ1) is 15.7. The highest BCUT2D eigenvalue weighted by atomic mass is 32.1. The zero-order valence-electron chi connectivity index (χ0n) is 18.5. The Balaban J connectivity index is 1.40. The van der Waals surface area contributed by atoms with E-state index in [9.17, 15) is 0 Å². The van der Waals surface area contributed by atoms with E-state index in [1.54, 1.807) is 17.7 Å². The van der Waals surface area contributed by atoms with Crippen LogP contribution in [0, 0.1) is 0 Å². The molecule has 6 heteroatoms. The van der Waals surface area contributed by atoms with E-state index in [2.05, 4.69) is 99.4 Å². The molecule has 0 amide bonds. The molecule has 5 nitrogen and oxygen atoms in total. The average molecular weight is 442 g/mol. The fourth-order valence-electron chi connectivity index (χ4n) is 4.09. The first-order valence-corrected chi connectivity index (χ1v) is 11.9. The van der Waals surface area contributed by atoms with Gasteiger partial charge in [0.2, 0.25) is 0 Å². The summed E-state index contributed by atoms with van der Waals surface area (Å²) >= 11 is 1.72. The first kappa shape index (κ1) is 20.7. The molecule has 3 heterocycles. The molecule has 0 aliphatic carbocycles. The zero-order chi connectivity index (χ0) is 21.9. The van der Waals surface area contributed by atoms with Gasteiger partial charge in [-0.1, -0.05) is 44.2 Å². The Kier molecular flexibility index (Phi) is 5.88. The second-order valence-electron chi connectivity index (χ2n) is 7.85. The molecular formula is C26H27N5S. The summed E-state index contributed by atoms with van der Waals surface area (Å²) in [5, 5.41) is 4.76. The molecule has 0 unspecified atom stereocenters. The lowest BCUT2D eigenvalue weighted by Gasteiger charge is -2.18. The van der Waals surface area contributed by atoms with Crippen molar-refractivity contribution in [2.75, 3.05) is 25.0 Å². The van der Waals surface area contributed by atoms with Gasteiger partial charge in [-0.05, 0) is 49.0 Å². The number of hydrogen-bond donors (Lipinski definition) is 1. The Morgan fingerprint density at radius 2 is 1.81 bits per heavy atom. The van der Waals surface area contributed by atoms with Crippen molar-refractivity contribution in [1.29, 1.82) is 0 Å². The van der Waals surface area contributed by atoms with Gasteiger partial charge < -0.3 is 14.8 Å². The molecule has 0 radical (unpaired) electrons. The molecular weight excluding hydrogens is 414 g/mol. The zero-order valence-corrected chi connectivity index (χ0v) is 19.3. The lowest BCUT2D eigenvalue weighted by atomic mass is 10.2. The van der Waals surface area contributed by atoms with Crippen LogP contribution >= 0.6 is 11.3 Å². The van der Waals surface area contributed by atoms with Crippen molar-refractivity contribution >= 4 is 44.0 Å². The number of rotatable bonds is 8. The van der Waals surface area contributed by atoms with Crippen LogP contribution in [0.25, 0.3) is 31.6 Å². The number of aromatic nitrogens is 3. The Hall–Kier alpha value is -3.22. The van der Waals surface area contributed by atoms with Crippen LogP contribution in [0.5, 0.6) is 0 Å². The maximum Gasteiger partial charge on any atom is 0.151 e. The Labute approximate surface area is 192 Å². The Bertz CT molecular complexity index is 1330. The van der Waals surface area contributed by atoms with E-state index < -0.39 is 0 Å². The number of thiophene rings is 1. The molecule has 3 aromatic heterocycles. The number of likely N-dealkylation sites (N-methyl/N-ethyl adjacent to an activating group) is 1. The maximum absolute atomic E-state index is 4.54. The minimum absolute atomic E-state index is 0.850. The normalized spacial score (nSPS) is 11.6. The topological polar surface area (TPSA) is 46.0 Å². The predicted molar refractivity (Wildman–Crippen MR) is 136 cm³/mol. The summed E-state index contributed by atoms with van der Waals surface area (Å²) in [6.45, 7) is 8.68. The summed E-state index contributed by atoms with van der Waals surface area (Å²) in [6, 6.07) is 21.3. The van der Waals surface area contributed by atoms with Crippen LogP contribution in [0.2, 0.25) is 0 Å². The molecule has 0 spiro atoms. The summed E-state index contributed by atoms with van der Waals surface area (Å²) in [4.78, 5) is 12.7. The third-order valence-electron chi connectivity index (χ3n) is 5.95. The third kappa shape index (κ3) is 4.11. The van der Waals surface area contributed by atoms with E-state index in [1.165, 1.54) is 21.3 Å². The van der Waals surface area contributed by atoms with Gasteiger partial charge in [0.05, 0.1) is 10.2 Å². The summed E-state index contributed by atoms with van der Waals surface area (Å²) in [5.41, 5.74) is 4.47. The molecule has 32 heavy (non-hydrogen) atoms. The van der Waals surface area contributed by atoms with Gasteiger partial charge in [-0.2, -0.15) is 0 Å². The highest BCUT2D eigenvalue weighted by Gasteiger charge is 2.11. The number of anilines is 2. The standard InChI is InChI=1S/C26H27N5S/c1-3-30(4-2)14-15-31-13-12-20-16-21(10-11-23(20)31)29-26-25-22(27-18-28-26)17-24(32-25)19-8-6-5-7-9-19/h5-13,16-18H,3-4,14-15H2,1-2H3,(H,27,28,29). The van der Waals surface area contributed by atoms with Crippen molar-refractivity contribution in [3.63, 3.8) is 0 Å². The molecule has 0 saturated carbocycles. The van der Waals surface area contributed by atoms with E-state index >= 15 is 0 Å². The number of nitrogens with zero attached hydrogens (tertiary/aromatic N) is 4. The number of fused-ring (bicyclic) bond motifs is 2. The van der Waals surface area contributed by atoms with Crippen LogP contribution < -0.4 is 5.32 Å². The fourth-order valence-corrected chi connectivity index (χ4v) is 5.15. The van der Waals surface area contributed by atoms with Crippen molar-refractivity contribution in [2.45, 2.75) is 20.4 Å². The summed E-state index contributed by atoms with van der Waals surface area (Å²) in [7, 11) is 0.